The largest absolute Gasteiger partial charge is 0.495 e. The lowest BCUT2D eigenvalue weighted by molar-refractivity contribution is -0.136. The van der Waals surface area contributed by atoms with Crippen molar-refractivity contribution < 1.29 is 14.3 Å². The number of anilines is 1. The van der Waals surface area contributed by atoms with Crippen LogP contribution in [0.4, 0.5) is 5.69 Å². The maximum atomic E-state index is 13.1. The number of piperazine rings is 1. The van der Waals surface area contributed by atoms with E-state index in [1.807, 2.05) is 17.0 Å². The molecule has 0 unspecified atom stereocenters. The van der Waals surface area contributed by atoms with Crippen molar-refractivity contribution in [3.63, 3.8) is 0 Å². The predicted molar refractivity (Wildman–Crippen MR) is 97.2 cm³/mol. The highest BCUT2D eigenvalue weighted by atomic mass is 16.5. The first kappa shape index (κ1) is 17.5. The summed E-state index contributed by atoms with van der Waals surface area (Å²) >= 11 is 0. The SMILES string of the molecule is COc1cccc2c1NC(=O)C[C@H]2C(=O)N1CCN(Cc2ncn[nH]2)CC1. The van der Waals surface area contributed by atoms with Gasteiger partial charge in [0.1, 0.15) is 17.9 Å². The highest BCUT2D eigenvalue weighted by molar-refractivity contribution is 6.02. The van der Waals surface area contributed by atoms with Crippen molar-refractivity contribution in [2.75, 3.05) is 38.6 Å². The average Bonchev–Trinajstić information content (AvgIpc) is 3.20. The van der Waals surface area contributed by atoms with Crippen LogP contribution in [0.5, 0.6) is 5.75 Å². The molecule has 2 amide bonds. The molecule has 2 aliphatic rings. The molecule has 3 heterocycles. The highest BCUT2D eigenvalue weighted by Gasteiger charge is 2.35. The predicted octanol–water partition coefficient (Wildman–Crippen LogP) is 0.583. The molecule has 9 heteroatoms. The van der Waals surface area contributed by atoms with Gasteiger partial charge in [0.15, 0.2) is 0 Å². The van der Waals surface area contributed by atoms with Crippen LogP contribution in [0.2, 0.25) is 0 Å². The molecule has 142 valence electrons. The molecule has 0 radical (unpaired) electrons. The smallest absolute Gasteiger partial charge is 0.230 e. The van der Waals surface area contributed by atoms with Gasteiger partial charge in [-0.3, -0.25) is 19.6 Å². The van der Waals surface area contributed by atoms with Crippen LogP contribution in [0.25, 0.3) is 0 Å². The van der Waals surface area contributed by atoms with Crippen molar-refractivity contribution in [2.24, 2.45) is 0 Å². The van der Waals surface area contributed by atoms with Gasteiger partial charge in [-0.2, -0.15) is 5.10 Å². The Bertz CT molecular complexity index is 830. The number of nitrogens with one attached hydrogen (secondary N) is 2. The second-order valence-electron chi connectivity index (χ2n) is 6.76. The third-order valence-corrected chi connectivity index (χ3v) is 5.13. The van der Waals surface area contributed by atoms with Gasteiger partial charge in [0.2, 0.25) is 11.8 Å². The van der Waals surface area contributed by atoms with E-state index >= 15 is 0 Å². The molecule has 2 N–H and O–H groups in total. The number of aromatic amines is 1. The van der Waals surface area contributed by atoms with Crippen LogP contribution in [0.3, 0.4) is 0 Å². The van der Waals surface area contributed by atoms with Crippen LogP contribution >= 0.6 is 0 Å². The van der Waals surface area contributed by atoms with Crippen molar-refractivity contribution in [3.05, 3.63) is 35.9 Å². The number of H-pyrrole nitrogens is 1. The van der Waals surface area contributed by atoms with E-state index in [1.54, 1.807) is 13.2 Å². The summed E-state index contributed by atoms with van der Waals surface area (Å²) in [6.07, 6.45) is 1.66. The summed E-state index contributed by atoms with van der Waals surface area (Å²) in [4.78, 5) is 33.5. The highest BCUT2D eigenvalue weighted by Crippen LogP contribution is 2.39. The van der Waals surface area contributed by atoms with Crippen molar-refractivity contribution in [3.8, 4) is 5.75 Å². The van der Waals surface area contributed by atoms with Gasteiger partial charge < -0.3 is 15.0 Å². The first-order valence-electron chi connectivity index (χ1n) is 8.98. The van der Waals surface area contributed by atoms with Crippen molar-refractivity contribution in [2.45, 2.75) is 18.9 Å². The molecule has 0 bridgehead atoms. The van der Waals surface area contributed by atoms with Crippen LogP contribution in [0.15, 0.2) is 24.5 Å². The molecule has 0 aliphatic carbocycles. The standard InChI is InChI=1S/C18H22N6O3/c1-27-14-4-2-3-12-13(9-16(25)21-17(12)14)18(26)24-7-5-23(6-8-24)10-15-19-11-20-22-15/h2-4,11,13H,5-10H2,1H3,(H,21,25)(H,19,20,22)/t13-/m1/s1. The Balaban J connectivity index is 1.45. The molecule has 2 aliphatic heterocycles. The van der Waals surface area contributed by atoms with Gasteiger partial charge >= 0.3 is 0 Å². The Hall–Kier alpha value is -2.94. The summed E-state index contributed by atoms with van der Waals surface area (Å²) in [5.74, 6) is 0.771. The monoisotopic (exact) mass is 370 g/mol. The van der Waals surface area contributed by atoms with E-state index in [-0.39, 0.29) is 18.2 Å². The summed E-state index contributed by atoms with van der Waals surface area (Å²) in [6, 6.07) is 5.53. The number of carbonyl (C=O) groups is 2. The maximum absolute atomic E-state index is 13.1. The lowest BCUT2D eigenvalue weighted by Crippen LogP contribution is -2.50. The summed E-state index contributed by atoms with van der Waals surface area (Å²) in [6.45, 7) is 3.47. The third-order valence-electron chi connectivity index (χ3n) is 5.13. The molecule has 1 atom stereocenters. The zero-order valence-corrected chi connectivity index (χ0v) is 15.1. The van der Waals surface area contributed by atoms with Gasteiger partial charge in [-0.25, -0.2) is 4.98 Å². The van der Waals surface area contributed by atoms with Crippen molar-refractivity contribution in [1.82, 2.24) is 25.0 Å². The van der Waals surface area contributed by atoms with Crippen LogP contribution in [-0.2, 0) is 16.1 Å². The summed E-state index contributed by atoms with van der Waals surface area (Å²) in [5.41, 5.74) is 1.43. The fourth-order valence-electron chi connectivity index (χ4n) is 3.71. The van der Waals surface area contributed by atoms with Crippen LogP contribution in [0, 0.1) is 0 Å². The number of fused-ring (bicyclic) bond motifs is 1. The molecule has 4 rings (SSSR count). The van der Waals surface area contributed by atoms with E-state index in [2.05, 4.69) is 25.4 Å². The summed E-state index contributed by atoms with van der Waals surface area (Å²) in [7, 11) is 1.56. The number of aromatic nitrogens is 3. The Morgan fingerprint density at radius 2 is 2.11 bits per heavy atom. The summed E-state index contributed by atoms with van der Waals surface area (Å²) in [5, 5.41) is 9.56. The first-order valence-corrected chi connectivity index (χ1v) is 8.98. The maximum Gasteiger partial charge on any atom is 0.230 e. The lowest BCUT2D eigenvalue weighted by atomic mass is 9.88. The number of para-hydroxylation sites is 1. The quantitative estimate of drug-likeness (QED) is 0.816. The van der Waals surface area contributed by atoms with Crippen LogP contribution in [0.1, 0.15) is 23.7 Å². The van der Waals surface area contributed by atoms with Gasteiger partial charge in [0, 0.05) is 32.6 Å². The second kappa shape index (κ2) is 7.36. The molecule has 27 heavy (non-hydrogen) atoms. The second-order valence-corrected chi connectivity index (χ2v) is 6.76. The minimum atomic E-state index is -0.468. The number of nitrogens with zero attached hydrogens (tertiary/aromatic N) is 4. The van der Waals surface area contributed by atoms with Gasteiger partial charge in [0.05, 0.1) is 25.3 Å². The van der Waals surface area contributed by atoms with E-state index in [4.69, 9.17) is 4.74 Å². The molecule has 1 saturated heterocycles. The summed E-state index contributed by atoms with van der Waals surface area (Å²) < 4.78 is 5.34. The molecule has 1 aromatic heterocycles. The molecular weight excluding hydrogens is 348 g/mol. The van der Waals surface area contributed by atoms with E-state index in [1.165, 1.54) is 6.33 Å². The van der Waals surface area contributed by atoms with E-state index in [0.29, 0.717) is 31.1 Å². The number of ether oxygens (including phenoxy) is 1. The minimum Gasteiger partial charge on any atom is -0.495 e. The van der Waals surface area contributed by atoms with Gasteiger partial charge in [0.25, 0.3) is 0 Å². The molecule has 1 fully saturated rings. The molecular formula is C18H22N6O3. The normalized spacial score (nSPS) is 20.1. The topological polar surface area (TPSA) is 103 Å². The zero-order chi connectivity index (χ0) is 18.8. The number of amides is 2. The Kier molecular flexibility index (Phi) is 4.76. The number of hydrogen-bond donors (Lipinski definition) is 2. The molecule has 1 aromatic carbocycles. The van der Waals surface area contributed by atoms with Gasteiger partial charge in [-0.05, 0) is 11.6 Å². The average molecular weight is 370 g/mol. The number of carbonyl (C=O) groups excluding carboxylic acids is 2. The molecule has 9 nitrogen and oxygen atoms in total. The zero-order valence-electron chi connectivity index (χ0n) is 15.1. The van der Waals surface area contributed by atoms with Gasteiger partial charge in [-0.15, -0.1) is 0 Å². The lowest BCUT2D eigenvalue weighted by Gasteiger charge is -2.37. The Morgan fingerprint density at radius 3 is 2.81 bits per heavy atom. The van der Waals surface area contributed by atoms with E-state index in [9.17, 15) is 9.59 Å². The molecule has 2 aromatic rings. The van der Waals surface area contributed by atoms with Crippen LogP contribution < -0.4 is 10.1 Å². The first-order chi connectivity index (χ1) is 13.2. The number of methoxy groups -OCH3 is 1. The Labute approximate surface area is 156 Å². The molecule has 0 saturated carbocycles. The molecule has 0 spiro atoms. The van der Waals surface area contributed by atoms with E-state index in [0.717, 1.165) is 24.5 Å². The van der Waals surface area contributed by atoms with Crippen molar-refractivity contribution in [1.29, 1.82) is 0 Å². The number of hydrogen-bond acceptors (Lipinski definition) is 6. The number of benzene rings is 1. The fraction of sp³-hybridized carbons (Fsp3) is 0.444. The minimum absolute atomic E-state index is 0.00123. The Morgan fingerprint density at radius 1 is 1.30 bits per heavy atom. The van der Waals surface area contributed by atoms with Crippen molar-refractivity contribution >= 4 is 17.5 Å². The van der Waals surface area contributed by atoms with Crippen LogP contribution in [-0.4, -0.2) is 70.1 Å². The van der Waals surface area contributed by atoms with E-state index < -0.39 is 5.92 Å². The third kappa shape index (κ3) is 3.50. The fourth-order valence-corrected chi connectivity index (χ4v) is 3.71. The number of rotatable bonds is 4. The van der Waals surface area contributed by atoms with Gasteiger partial charge in [-0.1, -0.05) is 12.1 Å².